The molecule has 0 heterocycles. The normalized spacial score (nSPS) is 11.1. The Hall–Kier alpha value is -1.40. The Morgan fingerprint density at radius 2 is 1.73 bits per heavy atom. The number of amides is 1. The molecule has 0 aliphatic carbocycles. The lowest BCUT2D eigenvalue weighted by Crippen LogP contribution is -2.33. The van der Waals surface area contributed by atoms with E-state index in [1.54, 1.807) is 0 Å². The number of benzene rings is 1. The van der Waals surface area contributed by atoms with Crippen LogP contribution in [0.15, 0.2) is 29.2 Å². The molecule has 0 radical (unpaired) electrons. The van der Waals surface area contributed by atoms with E-state index in [1.807, 2.05) is 0 Å². The number of hydrogen-bond donors (Lipinski definition) is 1. The van der Waals surface area contributed by atoms with Crippen molar-refractivity contribution < 1.29 is 13.2 Å². The standard InChI is InChI=1S/C9H12N2O3S/c1-11(10)9(12)7-3-5-8(6-4-7)15(2,13)14/h3-6H,10H2,1-2H3. The van der Waals surface area contributed by atoms with Gasteiger partial charge >= 0.3 is 0 Å². The lowest BCUT2D eigenvalue weighted by atomic mass is 10.2. The highest BCUT2D eigenvalue weighted by Gasteiger charge is 2.10. The Morgan fingerprint density at radius 3 is 2.07 bits per heavy atom. The van der Waals surface area contributed by atoms with E-state index in [-0.39, 0.29) is 10.8 Å². The van der Waals surface area contributed by atoms with Gasteiger partial charge in [0.1, 0.15) is 0 Å². The lowest BCUT2D eigenvalue weighted by Gasteiger charge is -2.09. The summed E-state index contributed by atoms with van der Waals surface area (Å²) in [4.78, 5) is 11.5. The van der Waals surface area contributed by atoms with Crippen LogP contribution in [0.25, 0.3) is 0 Å². The van der Waals surface area contributed by atoms with Gasteiger partial charge in [0.15, 0.2) is 9.84 Å². The van der Waals surface area contributed by atoms with Crippen molar-refractivity contribution in [3.05, 3.63) is 29.8 Å². The number of carbonyl (C=O) groups excluding carboxylic acids is 1. The van der Waals surface area contributed by atoms with E-state index in [9.17, 15) is 13.2 Å². The van der Waals surface area contributed by atoms with Crippen molar-refractivity contribution in [2.45, 2.75) is 4.90 Å². The van der Waals surface area contributed by atoms with E-state index in [4.69, 9.17) is 5.84 Å². The molecule has 0 fully saturated rings. The maximum absolute atomic E-state index is 11.4. The molecule has 0 bridgehead atoms. The first kappa shape index (κ1) is 11.7. The minimum atomic E-state index is -3.22. The van der Waals surface area contributed by atoms with E-state index in [0.29, 0.717) is 5.56 Å². The van der Waals surface area contributed by atoms with Gasteiger partial charge in [0, 0.05) is 18.9 Å². The number of sulfone groups is 1. The molecule has 0 atom stereocenters. The number of hydrogen-bond acceptors (Lipinski definition) is 4. The summed E-state index contributed by atoms with van der Waals surface area (Å²) in [6.45, 7) is 0. The van der Waals surface area contributed by atoms with E-state index < -0.39 is 9.84 Å². The summed E-state index contributed by atoms with van der Waals surface area (Å²) in [6, 6.07) is 5.63. The molecule has 0 aromatic heterocycles. The SMILES string of the molecule is CN(N)C(=O)c1ccc(S(C)(=O)=O)cc1. The Bertz CT molecular complexity index is 463. The molecule has 1 aromatic carbocycles. The summed E-state index contributed by atoms with van der Waals surface area (Å²) in [6.07, 6.45) is 1.11. The highest BCUT2D eigenvalue weighted by molar-refractivity contribution is 7.90. The molecule has 0 aliphatic rings. The van der Waals surface area contributed by atoms with E-state index in [1.165, 1.54) is 31.3 Å². The first-order valence-corrected chi connectivity index (χ1v) is 6.04. The maximum Gasteiger partial charge on any atom is 0.267 e. The molecule has 6 heteroatoms. The largest absolute Gasteiger partial charge is 0.280 e. The fourth-order valence-corrected chi connectivity index (χ4v) is 1.68. The van der Waals surface area contributed by atoms with E-state index >= 15 is 0 Å². The molecule has 0 spiro atoms. The van der Waals surface area contributed by atoms with Gasteiger partial charge in [-0.15, -0.1) is 0 Å². The van der Waals surface area contributed by atoms with Crippen LogP contribution in [0, 0.1) is 0 Å². The van der Waals surface area contributed by atoms with Gasteiger partial charge in [-0.2, -0.15) is 0 Å². The average Bonchev–Trinajstić information content (AvgIpc) is 2.15. The molecular weight excluding hydrogens is 216 g/mol. The topological polar surface area (TPSA) is 80.5 Å². The smallest absolute Gasteiger partial charge is 0.267 e. The van der Waals surface area contributed by atoms with Crippen LogP contribution in [-0.4, -0.2) is 32.6 Å². The van der Waals surface area contributed by atoms with Crippen LogP contribution >= 0.6 is 0 Å². The molecule has 0 saturated carbocycles. The van der Waals surface area contributed by atoms with Gasteiger partial charge in [-0.3, -0.25) is 9.80 Å². The predicted octanol–water partition coefficient (Wildman–Crippen LogP) is 0.0358. The number of rotatable bonds is 2. The van der Waals surface area contributed by atoms with Gasteiger partial charge in [0.25, 0.3) is 5.91 Å². The minimum Gasteiger partial charge on any atom is -0.280 e. The summed E-state index contributed by atoms with van der Waals surface area (Å²) in [5.74, 6) is 4.89. The van der Waals surface area contributed by atoms with Crippen LogP contribution in [0.5, 0.6) is 0 Å². The van der Waals surface area contributed by atoms with Crippen molar-refractivity contribution in [2.24, 2.45) is 5.84 Å². The third kappa shape index (κ3) is 2.77. The van der Waals surface area contributed by atoms with Crippen molar-refractivity contribution in [1.29, 1.82) is 0 Å². The highest BCUT2D eigenvalue weighted by atomic mass is 32.2. The molecule has 1 rings (SSSR count). The molecule has 82 valence electrons. The Balaban J connectivity index is 3.06. The maximum atomic E-state index is 11.4. The van der Waals surface area contributed by atoms with Gasteiger partial charge in [-0.1, -0.05) is 0 Å². The summed E-state index contributed by atoms with van der Waals surface area (Å²) in [7, 11) is -1.80. The summed E-state index contributed by atoms with van der Waals surface area (Å²) in [5, 5.41) is 0.940. The second-order valence-electron chi connectivity index (χ2n) is 3.21. The van der Waals surface area contributed by atoms with Gasteiger partial charge < -0.3 is 0 Å². The zero-order chi connectivity index (χ0) is 11.6. The number of nitrogens with two attached hydrogens (primary N) is 1. The van der Waals surface area contributed by atoms with E-state index in [2.05, 4.69) is 0 Å². The molecule has 15 heavy (non-hydrogen) atoms. The quantitative estimate of drug-likeness (QED) is 0.440. The predicted molar refractivity (Wildman–Crippen MR) is 55.8 cm³/mol. The summed E-state index contributed by atoms with van der Waals surface area (Å²) < 4.78 is 22.3. The molecule has 2 N–H and O–H groups in total. The molecule has 1 amide bonds. The van der Waals surface area contributed by atoms with Gasteiger partial charge in [-0.05, 0) is 24.3 Å². The molecule has 0 aliphatic heterocycles. The van der Waals surface area contributed by atoms with Crippen molar-refractivity contribution in [1.82, 2.24) is 5.01 Å². The van der Waals surface area contributed by atoms with Crippen LogP contribution in [0.3, 0.4) is 0 Å². The third-order valence-corrected chi connectivity index (χ3v) is 2.98. The fourth-order valence-electron chi connectivity index (χ4n) is 1.05. The zero-order valence-electron chi connectivity index (χ0n) is 8.47. The van der Waals surface area contributed by atoms with Crippen molar-refractivity contribution in [2.75, 3.05) is 13.3 Å². The lowest BCUT2D eigenvalue weighted by molar-refractivity contribution is 0.0795. The Morgan fingerprint density at radius 1 is 1.27 bits per heavy atom. The summed E-state index contributed by atoms with van der Waals surface area (Å²) in [5.41, 5.74) is 0.354. The fraction of sp³-hybridized carbons (Fsp3) is 0.222. The van der Waals surface area contributed by atoms with Crippen molar-refractivity contribution >= 4 is 15.7 Å². The Kier molecular flexibility index (Phi) is 3.11. The zero-order valence-corrected chi connectivity index (χ0v) is 9.28. The minimum absolute atomic E-state index is 0.179. The second kappa shape index (κ2) is 4.00. The number of carbonyl (C=O) groups is 1. The third-order valence-electron chi connectivity index (χ3n) is 1.85. The second-order valence-corrected chi connectivity index (χ2v) is 5.23. The highest BCUT2D eigenvalue weighted by Crippen LogP contribution is 2.10. The monoisotopic (exact) mass is 228 g/mol. The summed E-state index contributed by atoms with van der Waals surface area (Å²) >= 11 is 0. The molecule has 5 nitrogen and oxygen atoms in total. The first-order chi connectivity index (χ1) is 6.82. The first-order valence-electron chi connectivity index (χ1n) is 4.15. The van der Waals surface area contributed by atoms with Gasteiger partial charge in [0.2, 0.25) is 0 Å². The van der Waals surface area contributed by atoms with Gasteiger partial charge in [-0.25, -0.2) is 14.3 Å². The molecule has 0 saturated heterocycles. The average molecular weight is 228 g/mol. The molecule has 0 unspecified atom stereocenters. The molecule has 1 aromatic rings. The Labute approximate surface area is 88.4 Å². The van der Waals surface area contributed by atoms with Crippen LogP contribution < -0.4 is 5.84 Å². The van der Waals surface area contributed by atoms with Gasteiger partial charge in [0.05, 0.1) is 4.90 Å². The van der Waals surface area contributed by atoms with Crippen molar-refractivity contribution in [3.63, 3.8) is 0 Å². The van der Waals surface area contributed by atoms with Crippen LogP contribution in [0.4, 0.5) is 0 Å². The van der Waals surface area contributed by atoms with Crippen LogP contribution in [0.1, 0.15) is 10.4 Å². The molecular formula is C9H12N2O3S. The number of hydrazine groups is 1. The number of nitrogens with zero attached hydrogens (tertiary/aromatic N) is 1. The van der Waals surface area contributed by atoms with Crippen LogP contribution in [-0.2, 0) is 9.84 Å². The van der Waals surface area contributed by atoms with Crippen molar-refractivity contribution in [3.8, 4) is 0 Å². The van der Waals surface area contributed by atoms with Crippen LogP contribution in [0.2, 0.25) is 0 Å². The van der Waals surface area contributed by atoms with E-state index in [0.717, 1.165) is 11.3 Å².